The minimum atomic E-state index is -0.853. The van der Waals surface area contributed by atoms with Gasteiger partial charge in [0, 0.05) is 19.3 Å². The predicted octanol–water partition coefficient (Wildman–Crippen LogP) is 0.370. The van der Waals surface area contributed by atoms with E-state index >= 15 is 0 Å². The molecule has 1 unspecified atom stereocenters. The quantitative estimate of drug-likeness (QED) is 0.857. The number of carbonyl (C=O) groups excluding carboxylic acids is 1. The summed E-state index contributed by atoms with van der Waals surface area (Å²) in [5.74, 6) is -1.12. The Morgan fingerprint density at radius 1 is 1.38 bits per heavy atom. The Bertz CT molecular complexity index is 711. The summed E-state index contributed by atoms with van der Waals surface area (Å²) in [6, 6.07) is 0. The highest BCUT2D eigenvalue weighted by atomic mass is 16.4. The standard InChI is InChI=1S/C13H15N5O3/c1-8-10(5-14-13-15-7-16-18(8)13)11(19)17-4-2-3-9(6-17)12(20)21/h5,7,9H,2-4,6H2,1H3,(H,20,21). The van der Waals surface area contributed by atoms with Gasteiger partial charge in [0.05, 0.1) is 17.2 Å². The zero-order valence-corrected chi connectivity index (χ0v) is 11.6. The molecule has 8 heteroatoms. The van der Waals surface area contributed by atoms with Gasteiger partial charge in [0.15, 0.2) is 0 Å². The lowest BCUT2D eigenvalue weighted by Gasteiger charge is -2.31. The molecule has 2 aromatic rings. The van der Waals surface area contributed by atoms with Crippen LogP contribution in [0.1, 0.15) is 28.9 Å². The number of aliphatic carboxylic acids is 1. The van der Waals surface area contributed by atoms with E-state index in [2.05, 4.69) is 15.1 Å². The van der Waals surface area contributed by atoms with E-state index in [1.54, 1.807) is 11.8 Å². The number of aromatic nitrogens is 4. The molecule has 0 aromatic carbocycles. The van der Waals surface area contributed by atoms with Gasteiger partial charge in [0.25, 0.3) is 11.7 Å². The third kappa shape index (κ3) is 2.32. The smallest absolute Gasteiger partial charge is 0.308 e. The molecule has 3 heterocycles. The van der Waals surface area contributed by atoms with Crippen molar-refractivity contribution in [2.75, 3.05) is 13.1 Å². The molecule has 3 rings (SSSR count). The van der Waals surface area contributed by atoms with Crippen molar-refractivity contribution in [2.45, 2.75) is 19.8 Å². The molecule has 110 valence electrons. The van der Waals surface area contributed by atoms with Crippen LogP contribution in [0.3, 0.4) is 0 Å². The highest BCUT2D eigenvalue weighted by Crippen LogP contribution is 2.20. The molecule has 1 aliphatic heterocycles. The number of fused-ring (bicyclic) bond motifs is 1. The van der Waals surface area contributed by atoms with Crippen molar-refractivity contribution in [1.29, 1.82) is 0 Å². The molecule has 21 heavy (non-hydrogen) atoms. The van der Waals surface area contributed by atoms with Crippen LogP contribution in [-0.4, -0.2) is 54.6 Å². The molecule has 1 aliphatic rings. The highest BCUT2D eigenvalue weighted by molar-refractivity contribution is 5.95. The van der Waals surface area contributed by atoms with Crippen molar-refractivity contribution in [3.8, 4) is 0 Å². The van der Waals surface area contributed by atoms with Gasteiger partial charge in [-0.1, -0.05) is 0 Å². The normalized spacial score (nSPS) is 18.9. The molecular weight excluding hydrogens is 274 g/mol. The lowest BCUT2D eigenvalue weighted by Crippen LogP contribution is -2.42. The molecule has 2 aromatic heterocycles. The molecule has 1 amide bonds. The second-order valence-corrected chi connectivity index (χ2v) is 5.16. The fourth-order valence-corrected chi connectivity index (χ4v) is 2.63. The molecular formula is C13H15N5O3. The summed E-state index contributed by atoms with van der Waals surface area (Å²) in [4.78, 5) is 33.3. The van der Waals surface area contributed by atoms with Gasteiger partial charge in [-0.05, 0) is 19.8 Å². The van der Waals surface area contributed by atoms with Crippen LogP contribution in [0.25, 0.3) is 5.78 Å². The second kappa shape index (κ2) is 5.12. The number of nitrogens with zero attached hydrogens (tertiary/aromatic N) is 5. The molecule has 0 aliphatic carbocycles. The molecule has 8 nitrogen and oxygen atoms in total. The number of amides is 1. The van der Waals surface area contributed by atoms with Gasteiger partial charge in [0.1, 0.15) is 6.33 Å². The van der Waals surface area contributed by atoms with Crippen LogP contribution in [0.5, 0.6) is 0 Å². The molecule has 0 radical (unpaired) electrons. The molecule has 0 saturated carbocycles. The summed E-state index contributed by atoms with van der Waals surface area (Å²) in [5, 5.41) is 13.1. The first-order valence-corrected chi connectivity index (χ1v) is 6.75. The van der Waals surface area contributed by atoms with E-state index < -0.39 is 11.9 Å². The molecule has 1 atom stereocenters. The lowest BCUT2D eigenvalue weighted by atomic mass is 9.97. The van der Waals surface area contributed by atoms with E-state index in [4.69, 9.17) is 5.11 Å². The number of hydrogen-bond acceptors (Lipinski definition) is 5. The van der Waals surface area contributed by atoms with Crippen molar-refractivity contribution < 1.29 is 14.7 Å². The van der Waals surface area contributed by atoms with Crippen LogP contribution in [0, 0.1) is 12.8 Å². The topological polar surface area (TPSA) is 101 Å². The fourth-order valence-electron chi connectivity index (χ4n) is 2.63. The van der Waals surface area contributed by atoms with Gasteiger partial charge in [-0.15, -0.1) is 0 Å². The summed E-state index contributed by atoms with van der Waals surface area (Å²) >= 11 is 0. The van der Waals surface area contributed by atoms with Crippen LogP contribution in [0.15, 0.2) is 12.5 Å². The molecule has 1 N–H and O–H groups in total. The van der Waals surface area contributed by atoms with E-state index in [9.17, 15) is 9.59 Å². The number of carbonyl (C=O) groups is 2. The number of hydrogen-bond donors (Lipinski definition) is 1. The minimum absolute atomic E-state index is 0.205. The van der Waals surface area contributed by atoms with E-state index in [1.807, 2.05) is 0 Å². The van der Waals surface area contributed by atoms with Crippen molar-refractivity contribution in [3.63, 3.8) is 0 Å². The first-order chi connectivity index (χ1) is 10.1. The van der Waals surface area contributed by atoms with Gasteiger partial charge in [0.2, 0.25) is 0 Å². The Morgan fingerprint density at radius 2 is 2.19 bits per heavy atom. The second-order valence-electron chi connectivity index (χ2n) is 5.16. The van der Waals surface area contributed by atoms with Crippen LogP contribution < -0.4 is 0 Å². The van der Waals surface area contributed by atoms with E-state index in [0.717, 1.165) is 0 Å². The Labute approximate surface area is 120 Å². The maximum Gasteiger partial charge on any atom is 0.308 e. The van der Waals surface area contributed by atoms with Crippen LogP contribution >= 0.6 is 0 Å². The van der Waals surface area contributed by atoms with Crippen molar-refractivity contribution >= 4 is 17.7 Å². The summed E-state index contributed by atoms with van der Waals surface area (Å²) < 4.78 is 1.51. The number of rotatable bonds is 2. The average molecular weight is 289 g/mol. The molecule has 1 fully saturated rings. The van der Waals surface area contributed by atoms with Crippen LogP contribution in [-0.2, 0) is 4.79 Å². The number of carboxylic acid groups (broad SMARTS) is 1. The zero-order valence-electron chi connectivity index (χ0n) is 11.6. The van der Waals surface area contributed by atoms with Gasteiger partial charge >= 0.3 is 5.97 Å². The summed E-state index contributed by atoms with van der Waals surface area (Å²) in [6.07, 6.45) is 4.16. The van der Waals surface area contributed by atoms with Crippen LogP contribution in [0.2, 0.25) is 0 Å². The van der Waals surface area contributed by atoms with Gasteiger partial charge in [-0.25, -0.2) is 9.50 Å². The summed E-state index contributed by atoms with van der Waals surface area (Å²) in [7, 11) is 0. The SMILES string of the molecule is Cc1c(C(=O)N2CCCC(C(=O)O)C2)cnc2ncnn12. The van der Waals surface area contributed by atoms with E-state index in [0.29, 0.717) is 36.4 Å². The number of aryl methyl sites for hydroxylation is 1. The highest BCUT2D eigenvalue weighted by Gasteiger charge is 2.29. The van der Waals surface area contributed by atoms with Gasteiger partial charge < -0.3 is 10.0 Å². The zero-order chi connectivity index (χ0) is 15.0. The summed E-state index contributed by atoms with van der Waals surface area (Å²) in [6.45, 7) is 2.58. The first-order valence-electron chi connectivity index (χ1n) is 6.75. The van der Waals surface area contributed by atoms with Gasteiger partial charge in [-0.2, -0.15) is 10.1 Å². The maximum atomic E-state index is 12.6. The molecule has 1 saturated heterocycles. The average Bonchev–Trinajstić information content (AvgIpc) is 2.96. The molecule has 0 bridgehead atoms. The fraction of sp³-hybridized carbons (Fsp3) is 0.462. The molecule has 0 spiro atoms. The Hall–Kier alpha value is -2.51. The van der Waals surface area contributed by atoms with E-state index in [-0.39, 0.29) is 12.5 Å². The minimum Gasteiger partial charge on any atom is -0.481 e. The van der Waals surface area contributed by atoms with E-state index in [1.165, 1.54) is 17.0 Å². The van der Waals surface area contributed by atoms with Gasteiger partial charge in [-0.3, -0.25) is 9.59 Å². The third-order valence-electron chi connectivity index (χ3n) is 3.83. The maximum absolute atomic E-state index is 12.6. The summed E-state index contributed by atoms with van der Waals surface area (Å²) in [5.41, 5.74) is 1.08. The van der Waals surface area contributed by atoms with Crippen molar-refractivity contribution in [1.82, 2.24) is 24.5 Å². The largest absolute Gasteiger partial charge is 0.481 e. The Balaban J connectivity index is 1.89. The first kappa shape index (κ1) is 13.5. The van der Waals surface area contributed by atoms with Crippen molar-refractivity contribution in [3.05, 3.63) is 23.8 Å². The Morgan fingerprint density at radius 3 is 2.95 bits per heavy atom. The third-order valence-corrected chi connectivity index (χ3v) is 3.83. The van der Waals surface area contributed by atoms with Crippen LogP contribution in [0.4, 0.5) is 0 Å². The predicted molar refractivity (Wildman–Crippen MR) is 71.8 cm³/mol. The number of carboxylic acids is 1. The number of piperidine rings is 1. The van der Waals surface area contributed by atoms with Crippen molar-refractivity contribution in [2.24, 2.45) is 5.92 Å². The lowest BCUT2D eigenvalue weighted by molar-refractivity contribution is -0.143. The number of likely N-dealkylation sites (tertiary alicyclic amines) is 1. The Kier molecular flexibility index (Phi) is 3.28. The monoisotopic (exact) mass is 289 g/mol.